The minimum atomic E-state index is -1.46. The number of benzene rings is 1. The van der Waals surface area contributed by atoms with Gasteiger partial charge >= 0.3 is 12.0 Å². The number of halogens is 2. The molecule has 1 aromatic carbocycles. The summed E-state index contributed by atoms with van der Waals surface area (Å²) < 4.78 is 26.2. The van der Waals surface area contributed by atoms with Crippen molar-refractivity contribution in [3.8, 4) is 0 Å². The molecule has 0 bridgehead atoms. The molecule has 3 N–H and O–H groups in total. The molecule has 1 atom stereocenters. The summed E-state index contributed by atoms with van der Waals surface area (Å²) in [5.41, 5.74) is -1.03. The third-order valence-electron chi connectivity index (χ3n) is 3.19. The summed E-state index contributed by atoms with van der Waals surface area (Å²) >= 11 is 0. The second-order valence-corrected chi connectivity index (χ2v) is 5.80. The average Bonchev–Trinajstić information content (AvgIpc) is 2.31. The smallest absolute Gasteiger partial charge is 0.337 e. The second kappa shape index (κ2) is 6.07. The van der Waals surface area contributed by atoms with Crippen molar-refractivity contribution in [2.45, 2.75) is 33.7 Å². The molecule has 1 rings (SSSR count). The fourth-order valence-corrected chi connectivity index (χ4v) is 1.40. The van der Waals surface area contributed by atoms with Crippen molar-refractivity contribution in [2.24, 2.45) is 5.41 Å². The van der Waals surface area contributed by atoms with E-state index >= 15 is 0 Å². The monoisotopic (exact) mass is 300 g/mol. The maximum Gasteiger partial charge on any atom is 0.337 e. The number of amides is 2. The summed E-state index contributed by atoms with van der Waals surface area (Å²) in [5, 5.41) is 13.8. The molecule has 7 heteroatoms. The quantitative estimate of drug-likeness (QED) is 0.802. The van der Waals surface area contributed by atoms with E-state index in [9.17, 15) is 18.4 Å². The van der Waals surface area contributed by atoms with Gasteiger partial charge in [-0.3, -0.25) is 0 Å². The molecule has 0 aliphatic rings. The third-order valence-corrected chi connectivity index (χ3v) is 3.19. The molecule has 0 saturated heterocycles. The molecule has 0 aliphatic carbocycles. The zero-order valence-electron chi connectivity index (χ0n) is 12.3. The first-order chi connectivity index (χ1) is 9.52. The highest BCUT2D eigenvalue weighted by atomic mass is 19.2. The van der Waals surface area contributed by atoms with Crippen molar-refractivity contribution < 1.29 is 23.5 Å². The van der Waals surface area contributed by atoms with Gasteiger partial charge in [0, 0.05) is 12.1 Å². The first-order valence-electron chi connectivity index (χ1n) is 6.32. The van der Waals surface area contributed by atoms with Crippen LogP contribution in [-0.4, -0.2) is 23.1 Å². The first kappa shape index (κ1) is 16.9. The van der Waals surface area contributed by atoms with Crippen molar-refractivity contribution >= 4 is 17.7 Å². The van der Waals surface area contributed by atoms with Gasteiger partial charge in [-0.2, -0.15) is 0 Å². The number of hydrogen-bond acceptors (Lipinski definition) is 2. The molecule has 0 spiro atoms. The van der Waals surface area contributed by atoms with Gasteiger partial charge in [0.25, 0.3) is 0 Å². The van der Waals surface area contributed by atoms with Crippen LogP contribution in [0.3, 0.4) is 0 Å². The second-order valence-electron chi connectivity index (χ2n) is 5.80. The number of carboxylic acids is 1. The minimum absolute atomic E-state index is 0.207. The van der Waals surface area contributed by atoms with E-state index in [1.165, 1.54) is 0 Å². The highest BCUT2D eigenvalue weighted by molar-refractivity contribution is 6.00. The number of carbonyl (C=O) groups excluding carboxylic acids is 1. The van der Waals surface area contributed by atoms with Crippen LogP contribution in [0.25, 0.3) is 0 Å². The Hall–Kier alpha value is -2.18. The van der Waals surface area contributed by atoms with Gasteiger partial charge in [0.2, 0.25) is 0 Å². The van der Waals surface area contributed by atoms with Crippen LogP contribution in [0.4, 0.5) is 19.3 Å². The highest BCUT2D eigenvalue weighted by Crippen LogP contribution is 2.21. The maximum absolute atomic E-state index is 13.2. The van der Waals surface area contributed by atoms with Crippen LogP contribution in [0.1, 0.15) is 38.1 Å². The van der Waals surface area contributed by atoms with Crippen molar-refractivity contribution in [3.63, 3.8) is 0 Å². The number of anilines is 1. The lowest BCUT2D eigenvalue weighted by Gasteiger charge is -2.28. The standard InChI is InChI=1S/C14H18F2N2O3/c1-7(14(2,3)4)17-13(21)18-11-6-10(16)9(15)5-8(11)12(19)20/h5-7H,1-4H3,(H,19,20)(H2,17,18,21). The molecular weight excluding hydrogens is 282 g/mol. The van der Waals surface area contributed by atoms with E-state index in [1.807, 2.05) is 20.8 Å². The van der Waals surface area contributed by atoms with E-state index in [0.29, 0.717) is 12.1 Å². The Bertz CT molecular complexity index is 568. The summed E-state index contributed by atoms with van der Waals surface area (Å²) in [7, 11) is 0. The summed E-state index contributed by atoms with van der Waals surface area (Å²) in [6, 6.07) is 0.266. The molecule has 116 valence electrons. The number of carboxylic acid groups (broad SMARTS) is 1. The molecule has 1 aromatic rings. The van der Waals surface area contributed by atoms with Gasteiger partial charge in [0.1, 0.15) is 0 Å². The number of aromatic carboxylic acids is 1. The predicted octanol–water partition coefficient (Wildman–Crippen LogP) is 3.22. The van der Waals surface area contributed by atoms with E-state index in [2.05, 4.69) is 10.6 Å². The molecule has 0 radical (unpaired) electrons. The molecule has 1 unspecified atom stereocenters. The van der Waals surface area contributed by atoms with E-state index < -0.39 is 29.2 Å². The summed E-state index contributed by atoms with van der Waals surface area (Å²) in [4.78, 5) is 22.8. The Morgan fingerprint density at radius 1 is 1.19 bits per heavy atom. The SMILES string of the molecule is CC(NC(=O)Nc1cc(F)c(F)cc1C(=O)O)C(C)(C)C. The Morgan fingerprint density at radius 2 is 1.71 bits per heavy atom. The Balaban J connectivity index is 2.95. The lowest BCUT2D eigenvalue weighted by molar-refractivity contribution is 0.0697. The van der Waals surface area contributed by atoms with Gasteiger partial charge < -0.3 is 15.7 Å². The molecule has 0 heterocycles. The zero-order valence-corrected chi connectivity index (χ0v) is 12.3. The molecule has 0 aliphatic heterocycles. The van der Waals surface area contributed by atoms with Crippen molar-refractivity contribution in [1.82, 2.24) is 5.32 Å². The van der Waals surface area contributed by atoms with Crippen LogP contribution in [0, 0.1) is 17.0 Å². The Kier molecular flexibility index (Phi) is 4.88. The van der Waals surface area contributed by atoms with Crippen LogP contribution >= 0.6 is 0 Å². The molecule has 0 aromatic heterocycles. The molecular formula is C14H18F2N2O3. The van der Waals surface area contributed by atoms with Gasteiger partial charge in [-0.15, -0.1) is 0 Å². The lowest BCUT2D eigenvalue weighted by Crippen LogP contribution is -2.43. The van der Waals surface area contributed by atoms with Gasteiger partial charge in [-0.05, 0) is 18.4 Å². The van der Waals surface area contributed by atoms with Crippen LogP contribution in [0.5, 0.6) is 0 Å². The zero-order chi connectivity index (χ0) is 16.4. The highest BCUT2D eigenvalue weighted by Gasteiger charge is 2.23. The Morgan fingerprint density at radius 3 is 2.19 bits per heavy atom. The van der Waals surface area contributed by atoms with Gasteiger partial charge in [0.05, 0.1) is 11.3 Å². The number of nitrogens with one attached hydrogen (secondary N) is 2. The third kappa shape index (κ3) is 4.40. The summed E-state index contributed by atoms with van der Waals surface area (Å²) in [6.07, 6.45) is 0. The van der Waals surface area contributed by atoms with Crippen LogP contribution in [0.15, 0.2) is 12.1 Å². The van der Waals surface area contributed by atoms with E-state index in [-0.39, 0.29) is 17.1 Å². The van der Waals surface area contributed by atoms with Gasteiger partial charge in [0.15, 0.2) is 11.6 Å². The fourth-order valence-electron chi connectivity index (χ4n) is 1.40. The maximum atomic E-state index is 13.2. The first-order valence-corrected chi connectivity index (χ1v) is 6.32. The fraction of sp³-hybridized carbons (Fsp3) is 0.429. The topological polar surface area (TPSA) is 78.4 Å². The number of urea groups is 1. The summed E-state index contributed by atoms with van der Waals surface area (Å²) in [6.45, 7) is 7.53. The van der Waals surface area contributed by atoms with E-state index in [4.69, 9.17) is 5.11 Å². The Labute approximate surface area is 121 Å². The van der Waals surface area contributed by atoms with Crippen LogP contribution in [-0.2, 0) is 0 Å². The van der Waals surface area contributed by atoms with Gasteiger partial charge in [-0.1, -0.05) is 20.8 Å². The van der Waals surface area contributed by atoms with Crippen LogP contribution in [0.2, 0.25) is 0 Å². The predicted molar refractivity (Wildman–Crippen MR) is 74.4 cm³/mol. The molecule has 0 fully saturated rings. The van der Waals surface area contributed by atoms with Crippen molar-refractivity contribution in [1.29, 1.82) is 0 Å². The number of rotatable bonds is 3. The van der Waals surface area contributed by atoms with Crippen molar-refractivity contribution in [2.75, 3.05) is 5.32 Å². The van der Waals surface area contributed by atoms with E-state index in [1.54, 1.807) is 6.92 Å². The van der Waals surface area contributed by atoms with Crippen LogP contribution < -0.4 is 10.6 Å². The number of carbonyl (C=O) groups is 2. The van der Waals surface area contributed by atoms with Gasteiger partial charge in [-0.25, -0.2) is 18.4 Å². The molecule has 5 nitrogen and oxygen atoms in total. The van der Waals surface area contributed by atoms with E-state index in [0.717, 1.165) is 0 Å². The largest absolute Gasteiger partial charge is 0.478 e. The normalized spacial score (nSPS) is 12.7. The average molecular weight is 300 g/mol. The summed E-state index contributed by atoms with van der Waals surface area (Å²) in [5.74, 6) is -3.99. The molecule has 2 amide bonds. The lowest BCUT2D eigenvalue weighted by atomic mass is 9.88. The molecule has 0 saturated carbocycles. The number of hydrogen-bond donors (Lipinski definition) is 3. The minimum Gasteiger partial charge on any atom is -0.478 e. The molecule has 21 heavy (non-hydrogen) atoms. The van der Waals surface area contributed by atoms with Crippen molar-refractivity contribution in [3.05, 3.63) is 29.3 Å².